The highest BCUT2D eigenvalue weighted by Crippen LogP contribution is 2.23. The van der Waals surface area contributed by atoms with Crippen molar-refractivity contribution in [2.45, 2.75) is 26.3 Å². The summed E-state index contributed by atoms with van der Waals surface area (Å²) in [6.45, 7) is 3.70. The number of aryl methyl sites for hydroxylation is 1. The fraction of sp³-hybridized carbons (Fsp3) is 0.294. The zero-order valence-corrected chi connectivity index (χ0v) is 14.7. The first kappa shape index (κ1) is 17.9. The summed E-state index contributed by atoms with van der Waals surface area (Å²) in [5, 5.41) is 2.72. The van der Waals surface area contributed by atoms with Crippen molar-refractivity contribution >= 4 is 27.3 Å². The fourth-order valence-corrected chi connectivity index (χ4v) is 3.63. The summed E-state index contributed by atoms with van der Waals surface area (Å²) in [4.78, 5) is 16.6. The molecular formula is C17H21N3O3S. The molecule has 0 aliphatic rings. The number of hydrogen-bond donors (Lipinski definition) is 1. The number of nitrogens with zero attached hydrogens (tertiary/aromatic N) is 2. The summed E-state index contributed by atoms with van der Waals surface area (Å²) < 4.78 is 25.8. The summed E-state index contributed by atoms with van der Waals surface area (Å²) >= 11 is 0. The standard InChI is InChI=1S/C17H21N3O3S/c1-4-16(17(21)19-14-6-5-11-18-12-14)20(24(3,22)23)15-9-7-13(2)8-10-15/h5-12,16H,4H2,1-3H3,(H,19,21). The Hall–Kier alpha value is -2.41. The number of anilines is 2. The maximum absolute atomic E-state index is 12.6. The Labute approximate surface area is 142 Å². The number of rotatable bonds is 6. The van der Waals surface area contributed by atoms with Crippen LogP contribution in [-0.4, -0.2) is 31.6 Å². The Morgan fingerprint density at radius 2 is 1.92 bits per heavy atom. The van der Waals surface area contributed by atoms with Crippen LogP contribution in [0.3, 0.4) is 0 Å². The highest BCUT2D eigenvalue weighted by molar-refractivity contribution is 7.92. The van der Waals surface area contributed by atoms with E-state index < -0.39 is 22.0 Å². The van der Waals surface area contributed by atoms with Gasteiger partial charge in [0.05, 0.1) is 23.8 Å². The lowest BCUT2D eigenvalue weighted by Crippen LogP contribution is -2.47. The van der Waals surface area contributed by atoms with Crippen LogP contribution in [0, 0.1) is 6.92 Å². The lowest BCUT2D eigenvalue weighted by molar-refractivity contribution is -0.117. The first-order chi connectivity index (χ1) is 11.3. The minimum absolute atomic E-state index is 0.340. The van der Waals surface area contributed by atoms with Gasteiger partial charge in [-0.05, 0) is 37.6 Å². The van der Waals surface area contributed by atoms with E-state index >= 15 is 0 Å². The van der Waals surface area contributed by atoms with Crippen LogP contribution in [0.15, 0.2) is 48.8 Å². The highest BCUT2D eigenvalue weighted by Gasteiger charge is 2.31. The fourth-order valence-electron chi connectivity index (χ4n) is 2.41. The van der Waals surface area contributed by atoms with Crippen molar-refractivity contribution in [1.82, 2.24) is 4.98 Å². The molecule has 0 aliphatic heterocycles. The van der Waals surface area contributed by atoms with Crippen LogP contribution in [0.1, 0.15) is 18.9 Å². The molecule has 1 heterocycles. The van der Waals surface area contributed by atoms with E-state index in [2.05, 4.69) is 10.3 Å². The third-order valence-electron chi connectivity index (χ3n) is 3.55. The zero-order valence-electron chi connectivity index (χ0n) is 13.9. The van der Waals surface area contributed by atoms with Gasteiger partial charge in [0.1, 0.15) is 6.04 Å². The number of pyridine rings is 1. The van der Waals surface area contributed by atoms with Crippen LogP contribution in [0.5, 0.6) is 0 Å². The number of benzene rings is 1. The Balaban J connectivity index is 2.35. The maximum atomic E-state index is 12.6. The number of hydrogen-bond acceptors (Lipinski definition) is 4. The summed E-state index contributed by atoms with van der Waals surface area (Å²) in [7, 11) is -3.62. The number of carbonyl (C=O) groups excluding carboxylic acids is 1. The van der Waals surface area contributed by atoms with Gasteiger partial charge in [-0.2, -0.15) is 0 Å². The third kappa shape index (κ3) is 4.32. The van der Waals surface area contributed by atoms with Gasteiger partial charge in [0.15, 0.2) is 0 Å². The molecule has 0 spiro atoms. The summed E-state index contributed by atoms with van der Waals surface area (Å²) in [5.41, 5.74) is 2.01. The number of aromatic nitrogens is 1. The van der Waals surface area contributed by atoms with E-state index in [9.17, 15) is 13.2 Å². The first-order valence-corrected chi connectivity index (χ1v) is 9.44. The number of nitrogens with one attached hydrogen (secondary N) is 1. The van der Waals surface area contributed by atoms with Gasteiger partial charge >= 0.3 is 0 Å². The molecule has 2 rings (SSSR count). The normalized spacial score (nSPS) is 12.5. The predicted molar refractivity (Wildman–Crippen MR) is 95.4 cm³/mol. The van der Waals surface area contributed by atoms with Gasteiger partial charge in [0.25, 0.3) is 0 Å². The number of carbonyl (C=O) groups is 1. The van der Waals surface area contributed by atoms with Crippen molar-refractivity contribution < 1.29 is 13.2 Å². The summed E-state index contributed by atoms with van der Waals surface area (Å²) in [5.74, 6) is -0.392. The minimum atomic E-state index is -3.62. The van der Waals surface area contributed by atoms with E-state index in [-0.39, 0.29) is 0 Å². The molecule has 0 fully saturated rings. The van der Waals surface area contributed by atoms with E-state index in [1.165, 1.54) is 6.20 Å². The van der Waals surface area contributed by atoms with Crippen LogP contribution >= 0.6 is 0 Å². The van der Waals surface area contributed by atoms with Gasteiger partial charge in [-0.1, -0.05) is 24.6 Å². The second-order valence-corrected chi connectivity index (χ2v) is 7.41. The molecule has 1 aromatic carbocycles. The van der Waals surface area contributed by atoms with E-state index in [1.54, 1.807) is 37.4 Å². The molecule has 1 unspecified atom stereocenters. The summed E-state index contributed by atoms with van der Waals surface area (Å²) in [6.07, 6.45) is 4.56. The van der Waals surface area contributed by atoms with E-state index in [4.69, 9.17) is 0 Å². The molecule has 24 heavy (non-hydrogen) atoms. The number of amides is 1. The molecule has 0 aliphatic carbocycles. The largest absolute Gasteiger partial charge is 0.323 e. The van der Waals surface area contributed by atoms with Crippen molar-refractivity contribution in [2.24, 2.45) is 0 Å². The molecule has 0 radical (unpaired) electrons. The van der Waals surface area contributed by atoms with Crippen LogP contribution in [0.4, 0.5) is 11.4 Å². The predicted octanol–water partition coefficient (Wildman–Crippen LogP) is 2.57. The van der Waals surface area contributed by atoms with Crippen LogP contribution in [-0.2, 0) is 14.8 Å². The van der Waals surface area contributed by atoms with Crippen molar-refractivity contribution in [3.05, 3.63) is 54.4 Å². The second-order valence-electron chi connectivity index (χ2n) is 5.55. The van der Waals surface area contributed by atoms with Gasteiger partial charge in [0.2, 0.25) is 15.9 Å². The lowest BCUT2D eigenvalue weighted by Gasteiger charge is -2.30. The quantitative estimate of drug-likeness (QED) is 0.871. The molecule has 2 aromatic rings. The van der Waals surface area contributed by atoms with Crippen molar-refractivity contribution in [2.75, 3.05) is 15.9 Å². The SMILES string of the molecule is CCC(C(=O)Nc1cccnc1)N(c1ccc(C)cc1)S(C)(=O)=O. The second kappa shape index (κ2) is 7.44. The average molecular weight is 347 g/mol. The zero-order chi connectivity index (χ0) is 17.7. The van der Waals surface area contributed by atoms with Crippen molar-refractivity contribution in [3.63, 3.8) is 0 Å². The molecule has 6 nitrogen and oxygen atoms in total. The summed E-state index contributed by atoms with van der Waals surface area (Å²) in [6, 6.07) is 9.60. The van der Waals surface area contributed by atoms with Gasteiger partial charge in [-0.3, -0.25) is 14.1 Å². The molecule has 128 valence electrons. The topological polar surface area (TPSA) is 79.4 Å². The molecule has 1 amide bonds. The lowest BCUT2D eigenvalue weighted by atomic mass is 10.1. The highest BCUT2D eigenvalue weighted by atomic mass is 32.2. The molecule has 0 saturated heterocycles. The first-order valence-electron chi connectivity index (χ1n) is 7.60. The Kier molecular flexibility index (Phi) is 5.56. The molecule has 1 N–H and O–H groups in total. The Bertz CT molecular complexity index is 790. The maximum Gasteiger partial charge on any atom is 0.248 e. The molecule has 7 heteroatoms. The van der Waals surface area contributed by atoms with Gasteiger partial charge < -0.3 is 5.32 Å². The van der Waals surface area contributed by atoms with Crippen molar-refractivity contribution in [3.8, 4) is 0 Å². The molecular weight excluding hydrogens is 326 g/mol. The minimum Gasteiger partial charge on any atom is -0.323 e. The average Bonchev–Trinajstić information content (AvgIpc) is 2.53. The molecule has 0 bridgehead atoms. The van der Waals surface area contributed by atoms with Gasteiger partial charge in [-0.25, -0.2) is 8.42 Å². The number of sulfonamides is 1. The van der Waals surface area contributed by atoms with Crippen LogP contribution in [0.2, 0.25) is 0 Å². The monoisotopic (exact) mass is 347 g/mol. The smallest absolute Gasteiger partial charge is 0.248 e. The Morgan fingerprint density at radius 1 is 1.25 bits per heavy atom. The van der Waals surface area contributed by atoms with Gasteiger partial charge in [0, 0.05) is 6.20 Å². The van der Waals surface area contributed by atoms with Crippen LogP contribution in [0.25, 0.3) is 0 Å². The van der Waals surface area contributed by atoms with E-state index in [0.29, 0.717) is 17.8 Å². The molecule has 1 aromatic heterocycles. The van der Waals surface area contributed by atoms with Crippen LogP contribution < -0.4 is 9.62 Å². The van der Waals surface area contributed by atoms with Gasteiger partial charge in [-0.15, -0.1) is 0 Å². The molecule has 1 atom stereocenters. The van der Waals surface area contributed by atoms with E-state index in [1.807, 2.05) is 19.1 Å². The van der Waals surface area contributed by atoms with E-state index in [0.717, 1.165) is 16.1 Å². The van der Waals surface area contributed by atoms with Crippen molar-refractivity contribution in [1.29, 1.82) is 0 Å². The Morgan fingerprint density at radius 3 is 2.42 bits per heavy atom. The molecule has 0 saturated carbocycles. The third-order valence-corrected chi connectivity index (χ3v) is 4.73.